The summed E-state index contributed by atoms with van der Waals surface area (Å²) in [5, 5.41) is 9.73. The molecule has 28 heavy (non-hydrogen) atoms. The molecule has 0 saturated carbocycles. The van der Waals surface area contributed by atoms with Crippen LogP contribution in [0.15, 0.2) is 65.6 Å². The Morgan fingerprint density at radius 1 is 1.04 bits per heavy atom. The Bertz CT molecular complexity index is 1160. The van der Waals surface area contributed by atoms with E-state index in [1.165, 1.54) is 4.68 Å². The third-order valence-electron chi connectivity index (χ3n) is 4.59. The molecule has 0 atom stereocenters. The van der Waals surface area contributed by atoms with Crippen LogP contribution in [0, 0.1) is 13.8 Å². The molecule has 140 valence electrons. The van der Waals surface area contributed by atoms with Gasteiger partial charge >= 0.3 is 5.69 Å². The van der Waals surface area contributed by atoms with Crippen molar-refractivity contribution in [2.24, 2.45) is 0 Å². The van der Waals surface area contributed by atoms with Crippen LogP contribution in [0.5, 0.6) is 5.75 Å². The monoisotopic (exact) mass is 373 g/mol. The van der Waals surface area contributed by atoms with Gasteiger partial charge in [-0.2, -0.15) is 4.68 Å². The largest absolute Gasteiger partial charge is 0.489 e. The maximum Gasteiger partial charge on any atom is 0.365 e. The molecule has 2 aromatic carbocycles. The summed E-state index contributed by atoms with van der Waals surface area (Å²) in [6.07, 6.45) is 1.78. The molecule has 0 radical (unpaired) electrons. The van der Waals surface area contributed by atoms with Crippen LogP contribution in [0.2, 0.25) is 0 Å². The fourth-order valence-corrected chi connectivity index (χ4v) is 3.08. The Hall–Kier alpha value is -3.74. The first-order valence-electron chi connectivity index (χ1n) is 8.87. The number of rotatable bonds is 5. The highest BCUT2D eigenvalue weighted by atomic mass is 16.5. The first-order chi connectivity index (χ1) is 13.6. The van der Waals surface area contributed by atoms with Gasteiger partial charge in [-0.3, -0.25) is 4.98 Å². The van der Waals surface area contributed by atoms with E-state index in [9.17, 15) is 4.79 Å². The van der Waals surface area contributed by atoms with Crippen molar-refractivity contribution in [3.05, 3.63) is 88.0 Å². The highest BCUT2D eigenvalue weighted by Gasteiger charge is 2.13. The molecule has 2 heterocycles. The SMILES string of the molecule is Cc1cc(-c2ccccn2)ccc1OCc1c(C)cccc1-n1nn[nH]c1=O. The Morgan fingerprint density at radius 2 is 1.93 bits per heavy atom. The maximum atomic E-state index is 11.9. The van der Waals surface area contributed by atoms with Crippen molar-refractivity contribution in [1.29, 1.82) is 0 Å². The molecule has 0 spiro atoms. The van der Waals surface area contributed by atoms with Crippen LogP contribution in [0.1, 0.15) is 16.7 Å². The summed E-state index contributed by atoms with van der Waals surface area (Å²) < 4.78 is 7.32. The Kier molecular flexibility index (Phi) is 4.72. The summed E-state index contributed by atoms with van der Waals surface area (Å²) in [7, 11) is 0. The van der Waals surface area contributed by atoms with Crippen LogP contribution in [-0.2, 0) is 6.61 Å². The zero-order valence-electron chi connectivity index (χ0n) is 15.6. The predicted molar refractivity (Wildman–Crippen MR) is 105 cm³/mol. The number of aryl methyl sites for hydroxylation is 2. The molecule has 0 bridgehead atoms. The average Bonchev–Trinajstić information content (AvgIpc) is 3.14. The molecule has 0 saturated heterocycles. The summed E-state index contributed by atoms with van der Waals surface area (Å²) in [4.78, 5) is 16.3. The summed E-state index contributed by atoms with van der Waals surface area (Å²) >= 11 is 0. The molecule has 2 aromatic heterocycles. The quantitative estimate of drug-likeness (QED) is 0.581. The van der Waals surface area contributed by atoms with Gasteiger partial charge in [-0.15, -0.1) is 0 Å². The third kappa shape index (κ3) is 3.42. The zero-order valence-corrected chi connectivity index (χ0v) is 15.6. The van der Waals surface area contributed by atoms with Gasteiger partial charge in [0.05, 0.1) is 11.4 Å². The van der Waals surface area contributed by atoms with Crippen LogP contribution < -0.4 is 10.4 Å². The minimum Gasteiger partial charge on any atom is -0.489 e. The topological polar surface area (TPSA) is 85.7 Å². The molecule has 0 aliphatic carbocycles. The van der Waals surface area contributed by atoms with E-state index in [1.807, 2.05) is 62.4 Å². The van der Waals surface area contributed by atoms with Crippen LogP contribution in [0.25, 0.3) is 16.9 Å². The molecule has 0 aliphatic rings. The number of benzene rings is 2. The summed E-state index contributed by atoms with van der Waals surface area (Å²) in [6, 6.07) is 17.5. The predicted octanol–water partition coefficient (Wildman–Crippen LogP) is 3.21. The smallest absolute Gasteiger partial charge is 0.365 e. The Labute approximate surface area is 161 Å². The minimum absolute atomic E-state index is 0.311. The van der Waals surface area contributed by atoms with Crippen molar-refractivity contribution in [3.63, 3.8) is 0 Å². The van der Waals surface area contributed by atoms with Gasteiger partial charge in [0, 0.05) is 17.3 Å². The standard InChI is InChI=1S/C21H19N5O2/c1-14-6-5-8-19(26-21(27)23-24-25-26)17(14)13-28-20-10-9-16(12-15(20)2)18-7-3-4-11-22-18/h3-12H,13H2,1-2H3,(H,23,25,27). The normalized spacial score (nSPS) is 10.8. The van der Waals surface area contributed by atoms with Crippen LogP contribution in [-0.4, -0.2) is 25.2 Å². The number of pyridine rings is 1. The van der Waals surface area contributed by atoms with Gasteiger partial charge < -0.3 is 4.74 Å². The molecule has 4 aromatic rings. The summed E-state index contributed by atoms with van der Waals surface area (Å²) in [6.45, 7) is 4.29. The van der Waals surface area contributed by atoms with Gasteiger partial charge in [0.25, 0.3) is 0 Å². The molecule has 7 heteroatoms. The Morgan fingerprint density at radius 3 is 2.64 bits per heavy atom. The van der Waals surface area contributed by atoms with E-state index in [1.54, 1.807) is 6.20 Å². The molecule has 1 N–H and O–H groups in total. The van der Waals surface area contributed by atoms with Gasteiger partial charge in [0.1, 0.15) is 12.4 Å². The lowest BCUT2D eigenvalue weighted by atomic mass is 10.1. The lowest BCUT2D eigenvalue weighted by Crippen LogP contribution is -2.18. The summed E-state index contributed by atoms with van der Waals surface area (Å²) in [5.74, 6) is 0.779. The fourth-order valence-electron chi connectivity index (χ4n) is 3.08. The number of nitrogens with zero attached hydrogens (tertiary/aromatic N) is 4. The number of nitrogens with one attached hydrogen (secondary N) is 1. The van der Waals surface area contributed by atoms with Gasteiger partial charge in [-0.25, -0.2) is 9.89 Å². The molecule has 0 aliphatic heterocycles. The number of ether oxygens (including phenoxy) is 1. The molecule has 0 fully saturated rings. The number of hydrogen-bond donors (Lipinski definition) is 1. The van der Waals surface area contributed by atoms with Crippen molar-refractivity contribution in [1.82, 2.24) is 25.2 Å². The van der Waals surface area contributed by atoms with E-state index >= 15 is 0 Å². The van der Waals surface area contributed by atoms with Crippen LogP contribution in [0.3, 0.4) is 0 Å². The van der Waals surface area contributed by atoms with Crippen molar-refractivity contribution < 1.29 is 4.74 Å². The third-order valence-corrected chi connectivity index (χ3v) is 4.59. The summed E-state index contributed by atoms with van der Waals surface area (Å²) in [5.41, 5.74) is 5.13. The van der Waals surface area contributed by atoms with Crippen LogP contribution in [0.4, 0.5) is 0 Å². The zero-order chi connectivity index (χ0) is 19.5. The number of H-pyrrole nitrogens is 1. The van der Waals surface area contributed by atoms with E-state index in [4.69, 9.17) is 4.74 Å². The van der Waals surface area contributed by atoms with Crippen molar-refractivity contribution >= 4 is 0 Å². The number of hydrogen-bond acceptors (Lipinski definition) is 5. The number of tetrazole rings is 1. The second kappa shape index (κ2) is 7.48. The van der Waals surface area contributed by atoms with Gasteiger partial charge in [0.15, 0.2) is 0 Å². The lowest BCUT2D eigenvalue weighted by molar-refractivity contribution is 0.302. The molecular weight excluding hydrogens is 354 g/mol. The second-order valence-corrected chi connectivity index (χ2v) is 6.47. The van der Waals surface area contributed by atoms with E-state index < -0.39 is 0 Å². The van der Waals surface area contributed by atoms with Crippen molar-refractivity contribution in [2.75, 3.05) is 0 Å². The van der Waals surface area contributed by atoms with E-state index in [0.29, 0.717) is 12.3 Å². The highest BCUT2D eigenvalue weighted by molar-refractivity contribution is 5.61. The first-order valence-corrected chi connectivity index (χ1v) is 8.87. The fraction of sp³-hybridized carbons (Fsp3) is 0.143. The number of aromatic nitrogens is 5. The Balaban J connectivity index is 1.61. The molecular formula is C21H19N5O2. The maximum absolute atomic E-state index is 11.9. The molecule has 7 nitrogen and oxygen atoms in total. The van der Waals surface area contributed by atoms with Gasteiger partial charge in [-0.05, 0) is 71.8 Å². The lowest BCUT2D eigenvalue weighted by Gasteiger charge is -2.14. The van der Waals surface area contributed by atoms with E-state index in [2.05, 4.69) is 26.6 Å². The van der Waals surface area contributed by atoms with Crippen molar-refractivity contribution in [2.45, 2.75) is 20.5 Å². The highest BCUT2D eigenvalue weighted by Crippen LogP contribution is 2.27. The average molecular weight is 373 g/mol. The molecule has 4 rings (SSSR count). The van der Waals surface area contributed by atoms with Crippen molar-refractivity contribution in [3.8, 4) is 22.7 Å². The van der Waals surface area contributed by atoms with Gasteiger partial charge in [0.2, 0.25) is 0 Å². The molecule has 0 unspecified atom stereocenters. The van der Waals surface area contributed by atoms with E-state index in [0.717, 1.165) is 33.7 Å². The van der Waals surface area contributed by atoms with Crippen LogP contribution >= 0.6 is 0 Å². The minimum atomic E-state index is -0.386. The first kappa shape index (κ1) is 17.7. The van der Waals surface area contributed by atoms with Gasteiger partial charge in [-0.1, -0.05) is 18.2 Å². The molecule has 0 amide bonds. The van der Waals surface area contributed by atoms with E-state index in [-0.39, 0.29) is 5.69 Å². The second-order valence-electron chi connectivity index (χ2n) is 6.47. The number of aromatic amines is 1.